The molecular weight excluding hydrogens is 632 g/mol. The van der Waals surface area contributed by atoms with Gasteiger partial charge >= 0.3 is 0 Å². The first-order chi connectivity index (χ1) is 25.3. The van der Waals surface area contributed by atoms with E-state index in [9.17, 15) is 0 Å². The Balaban J connectivity index is 1.68. The van der Waals surface area contributed by atoms with Crippen molar-refractivity contribution in [2.45, 2.75) is 232 Å². The minimum atomic E-state index is -1.12. The molecule has 0 saturated heterocycles. The number of rotatable bonds is 38. The lowest BCUT2D eigenvalue weighted by Gasteiger charge is -2.29. The van der Waals surface area contributed by atoms with Gasteiger partial charge in [-0.25, -0.2) is 0 Å². The molecule has 0 heterocycles. The molecule has 0 aliphatic carbocycles. The van der Waals surface area contributed by atoms with Crippen molar-refractivity contribution >= 4 is 7.26 Å². The Kier molecular flexibility index (Phi) is 31.2. The average Bonchev–Trinajstić information content (AvgIpc) is 3.15. The van der Waals surface area contributed by atoms with Crippen molar-refractivity contribution < 1.29 is 0 Å². The first-order valence-corrected chi connectivity index (χ1v) is 25.7. The van der Waals surface area contributed by atoms with Crippen LogP contribution < -0.4 is 0 Å². The molecule has 0 nitrogen and oxygen atoms in total. The molecule has 0 bridgehead atoms. The second-order valence-electron chi connectivity index (χ2n) is 16.7. The molecule has 2 aromatic carbocycles. The van der Waals surface area contributed by atoms with E-state index in [2.05, 4.69) is 74.5 Å². The molecule has 1 heteroatoms. The zero-order valence-electron chi connectivity index (χ0n) is 34.7. The van der Waals surface area contributed by atoms with Crippen LogP contribution in [0.15, 0.2) is 60.7 Å². The summed E-state index contributed by atoms with van der Waals surface area (Å²) in [6.07, 6.45) is 52.3. The van der Waals surface area contributed by atoms with Crippen molar-refractivity contribution in [1.82, 2.24) is 0 Å². The quantitative estimate of drug-likeness (QED) is 0.0479. The van der Waals surface area contributed by atoms with Gasteiger partial charge < -0.3 is 0 Å². The summed E-state index contributed by atoms with van der Waals surface area (Å²) in [4.78, 5) is 0. The van der Waals surface area contributed by atoms with Crippen molar-refractivity contribution in [3.63, 3.8) is 0 Å². The van der Waals surface area contributed by atoms with Crippen LogP contribution in [0.4, 0.5) is 0 Å². The van der Waals surface area contributed by atoms with Crippen LogP contribution in [0, 0.1) is 0 Å². The summed E-state index contributed by atoms with van der Waals surface area (Å²) in [5.74, 6) is 0. The summed E-state index contributed by atoms with van der Waals surface area (Å²) >= 11 is 0. The van der Waals surface area contributed by atoms with Gasteiger partial charge in [-0.3, -0.25) is 0 Å². The molecule has 0 aromatic heterocycles. The van der Waals surface area contributed by atoms with Crippen molar-refractivity contribution in [1.29, 1.82) is 0 Å². The molecule has 0 N–H and O–H groups in total. The highest BCUT2D eigenvalue weighted by atomic mass is 31.2. The summed E-state index contributed by atoms with van der Waals surface area (Å²) in [7, 11) is -1.12. The van der Waals surface area contributed by atoms with Gasteiger partial charge in [-0.1, -0.05) is 254 Å². The zero-order valence-corrected chi connectivity index (χ0v) is 35.6. The Morgan fingerprint density at radius 1 is 0.275 bits per heavy atom. The van der Waals surface area contributed by atoms with Crippen LogP contribution in [-0.4, -0.2) is 12.3 Å². The summed E-state index contributed by atoms with van der Waals surface area (Å²) in [6, 6.07) is 23.2. The lowest BCUT2D eigenvalue weighted by molar-refractivity contribution is 0.531. The van der Waals surface area contributed by atoms with E-state index in [4.69, 9.17) is 0 Å². The minimum absolute atomic E-state index is 1.12. The van der Waals surface area contributed by atoms with Crippen LogP contribution >= 0.6 is 7.26 Å². The molecule has 0 amide bonds. The number of hydrogen-bond acceptors (Lipinski definition) is 0. The number of unbranched alkanes of at least 4 members (excludes halogenated alkanes) is 30. The molecule has 0 aliphatic rings. The summed E-state index contributed by atoms with van der Waals surface area (Å²) < 4.78 is 0. The van der Waals surface area contributed by atoms with Gasteiger partial charge in [0.05, 0.1) is 24.6 Å². The summed E-state index contributed by atoms with van der Waals surface area (Å²) in [6.45, 7) is 4.63. The highest BCUT2D eigenvalue weighted by Crippen LogP contribution is 2.65. The van der Waals surface area contributed by atoms with Crippen LogP contribution in [0.2, 0.25) is 0 Å². The Bertz CT molecular complexity index is 872. The van der Waals surface area contributed by atoms with Gasteiger partial charge in [-0.05, 0) is 36.8 Å². The number of benzene rings is 2. The predicted molar refractivity (Wildman–Crippen MR) is 236 cm³/mol. The molecule has 292 valence electrons. The molecule has 0 radical (unpaired) electrons. The van der Waals surface area contributed by atoms with Crippen LogP contribution in [0.25, 0.3) is 0 Å². The molecule has 2 rings (SSSR count). The van der Waals surface area contributed by atoms with E-state index >= 15 is 0 Å². The molecular formula is C50H88P+. The molecule has 2 aromatic rings. The standard InChI is InChI=1S/C50H88P/c1-3-5-7-9-11-13-15-17-19-21-23-25-27-29-31-39-45-51(47-49-41-35-33-36-42-49,48-50-43-37-34-38-44-50)46-40-32-30-28-26-24-22-20-18-16-14-12-10-8-6-4-2/h33-38,41-44H,3-32,39-40,45-48H2,1-2H3/q+1. The van der Waals surface area contributed by atoms with Crippen molar-refractivity contribution in [3.05, 3.63) is 71.8 Å². The predicted octanol–water partition coefficient (Wildman–Crippen LogP) is 17.9. The average molecular weight is 720 g/mol. The van der Waals surface area contributed by atoms with E-state index in [0.717, 1.165) is 0 Å². The van der Waals surface area contributed by atoms with Gasteiger partial charge in [0.2, 0.25) is 0 Å². The van der Waals surface area contributed by atoms with Crippen LogP contribution in [0.1, 0.15) is 230 Å². The first-order valence-electron chi connectivity index (χ1n) is 23.2. The van der Waals surface area contributed by atoms with E-state index < -0.39 is 7.26 Å². The SMILES string of the molecule is CCCCCCCCCCCCCCCCCC[P+](CCCCCCCCCCCCCCCCCC)(Cc1ccccc1)Cc1ccccc1. The van der Waals surface area contributed by atoms with Crippen molar-refractivity contribution in [2.24, 2.45) is 0 Å². The van der Waals surface area contributed by atoms with Crippen LogP contribution in [0.3, 0.4) is 0 Å². The fourth-order valence-corrected chi connectivity index (χ4v) is 13.1. The van der Waals surface area contributed by atoms with E-state index in [-0.39, 0.29) is 0 Å². The normalized spacial score (nSPS) is 11.8. The molecule has 0 unspecified atom stereocenters. The van der Waals surface area contributed by atoms with Crippen LogP contribution in [-0.2, 0) is 12.3 Å². The fraction of sp³-hybridized carbons (Fsp3) is 0.760. The smallest absolute Gasteiger partial charge is 0.0654 e. The zero-order chi connectivity index (χ0) is 36.2. The van der Waals surface area contributed by atoms with Crippen molar-refractivity contribution in [3.8, 4) is 0 Å². The van der Waals surface area contributed by atoms with Crippen LogP contribution in [0.5, 0.6) is 0 Å². The van der Waals surface area contributed by atoms with Gasteiger partial charge in [-0.15, -0.1) is 0 Å². The third kappa shape index (κ3) is 27.2. The first kappa shape index (κ1) is 46.0. The highest BCUT2D eigenvalue weighted by Gasteiger charge is 2.36. The lowest BCUT2D eigenvalue weighted by atomic mass is 10.0. The van der Waals surface area contributed by atoms with Gasteiger partial charge in [0.25, 0.3) is 0 Å². The molecule has 0 aliphatic heterocycles. The third-order valence-corrected chi connectivity index (χ3v) is 16.3. The van der Waals surface area contributed by atoms with Gasteiger partial charge in [0.15, 0.2) is 0 Å². The Morgan fingerprint density at radius 3 is 0.725 bits per heavy atom. The van der Waals surface area contributed by atoms with E-state index in [0.29, 0.717) is 0 Å². The second-order valence-corrected chi connectivity index (χ2v) is 20.9. The van der Waals surface area contributed by atoms with Gasteiger partial charge in [0, 0.05) is 7.26 Å². The maximum absolute atomic E-state index is 2.42. The van der Waals surface area contributed by atoms with E-state index in [1.807, 2.05) is 0 Å². The fourth-order valence-electron chi connectivity index (χ4n) is 8.42. The molecule has 0 spiro atoms. The Hall–Kier alpha value is -1.13. The highest BCUT2D eigenvalue weighted by molar-refractivity contribution is 7.74. The maximum Gasteiger partial charge on any atom is 0.0846 e. The molecule has 0 atom stereocenters. The second kappa shape index (κ2) is 34.6. The molecule has 0 saturated carbocycles. The monoisotopic (exact) mass is 720 g/mol. The Labute approximate surface area is 321 Å². The number of hydrogen-bond donors (Lipinski definition) is 0. The summed E-state index contributed by atoms with van der Waals surface area (Å²) in [5.41, 5.74) is 3.18. The van der Waals surface area contributed by atoms with Gasteiger partial charge in [-0.2, -0.15) is 0 Å². The summed E-state index contributed by atoms with van der Waals surface area (Å²) in [5, 5.41) is 0. The van der Waals surface area contributed by atoms with E-state index in [1.165, 1.54) is 230 Å². The topological polar surface area (TPSA) is 0 Å². The third-order valence-electron chi connectivity index (χ3n) is 11.7. The van der Waals surface area contributed by atoms with E-state index in [1.54, 1.807) is 11.1 Å². The minimum Gasteiger partial charge on any atom is -0.0654 e. The Morgan fingerprint density at radius 2 is 0.490 bits per heavy atom. The molecule has 0 fully saturated rings. The molecule has 51 heavy (non-hydrogen) atoms. The van der Waals surface area contributed by atoms with Gasteiger partial charge in [0.1, 0.15) is 0 Å². The van der Waals surface area contributed by atoms with Crippen molar-refractivity contribution in [2.75, 3.05) is 12.3 Å². The maximum atomic E-state index is 2.42. The lowest BCUT2D eigenvalue weighted by Crippen LogP contribution is -2.11. The largest absolute Gasteiger partial charge is 0.0846 e.